The van der Waals surface area contributed by atoms with E-state index in [-0.39, 0.29) is 23.5 Å². The molecule has 1 fully saturated rings. The number of piperazine rings is 1. The molecule has 1 heterocycles. The number of carboxylic acid groups (broad SMARTS) is 1. The minimum absolute atomic E-state index is 0.00609. The van der Waals surface area contributed by atoms with Crippen molar-refractivity contribution in [2.75, 3.05) is 38.2 Å². The zero-order valence-corrected chi connectivity index (χ0v) is 10.5. The van der Waals surface area contributed by atoms with Crippen LogP contribution in [0.25, 0.3) is 0 Å². The lowest BCUT2D eigenvalue weighted by molar-refractivity contribution is -0.134. The van der Waals surface area contributed by atoms with E-state index in [4.69, 9.17) is 5.11 Å². The molecule has 6 heteroatoms. The van der Waals surface area contributed by atoms with Crippen molar-refractivity contribution in [2.24, 2.45) is 0 Å². The molecule has 16 heavy (non-hydrogen) atoms. The van der Waals surface area contributed by atoms with Gasteiger partial charge in [0.15, 0.2) is 0 Å². The molecule has 1 N–H and O–H groups in total. The number of carbonyl (C=O) groups is 2. The second-order valence-electron chi connectivity index (χ2n) is 4.08. The van der Waals surface area contributed by atoms with E-state index in [1.165, 1.54) is 0 Å². The first kappa shape index (κ1) is 13.3. The maximum Gasteiger partial charge on any atom is 0.313 e. The molecule has 0 aromatic heterocycles. The maximum absolute atomic E-state index is 11.8. The summed E-state index contributed by atoms with van der Waals surface area (Å²) in [6.07, 6.45) is 0. The van der Waals surface area contributed by atoms with Gasteiger partial charge in [0.1, 0.15) is 0 Å². The van der Waals surface area contributed by atoms with Crippen molar-refractivity contribution in [3.05, 3.63) is 0 Å². The third-order valence-electron chi connectivity index (χ3n) is 2.60. The fourth-order valence-corrected chi connectivity index (χ4v) is 2.44. The SMILES string of the molecule is CC1CN(C)CCN1C(=O)CSCC(=O)O. The van der Waals surface area contributed by atoms with Crippen LogP contribution < -0.4 is 0 Å². The van der Waals surface area contributed by atoms with Crippen LogP contribution in [0.5, 0.6) is 0 Å². The molecule has 1 rings (SSSR count). The molecule has 1 amide bonds. The number of carbonyl (C=O) groups excluding carboxylic acids is 1. The van der Waals surface area contributed by atoms with E-state index in [1.54, 1.807) is 0 Å². The van der Waals surface area contributed by atoms with Crippen molar-refractivity contribution in [1.29, 1.82) is 0 Å². The number of hydrogen-bond donors (Lipinski definition) is 1. The average Bonchev–Trinajstić information content (AvgIpc) is 2.16. The summed E-state index contributed by atoms with van der Waals surface area (Å²) < 4.78 is 0. The Hall–Kier alpha value is -0.750. The maximum atomic E-state index is 11.8. The number of likely N-dealkylation sites (N-methyl/N-ethyl adjacent to an activating group) is 1. The number of amides is 1. The van der Waals surface area contributed by atoms with Crippen LogP contribution in [0.15, 0.2) is 0 Å². The highest BCUT2D eigenvalue weighted by molar-refractivity contribution is 8.00. The zero-order valence-electron chi connectivity index (χ0n) is 9.68. The molecule has 0 aromatic rings. The van der Waals surface area contributed by atoms with Crippen LogP contribution in [0.3, 0.4) is 0 Å². The van der Waals surface area contributed by atoms with Crippen molar-refractivity contribution >= 4 is 23.6 Å². The Balaban J connectivity index is 2.33. The van der Waals surface area contributed by atoms with Gasteiger partial charge >= 0.3 is 5.97 Å². The van der Waals surface area contributed by atoms with Crippen molar-refractivity contribution in [3.63, 3.8) is 0 Å². The number of nitrogens with zero attached hydrogens (tertiary/aromatic N) is 2. The monoisotopic (exact) mass is 246 g/mol. The minimum Gasteiger partial charge on any atom is -0.481 e. The van der Waals surface area contributed by atoms with Gasteiger partial charge in [-0.3, -0.25) is 9.59 Å². The number of aliphatic carboxylic acids is 1. The normalized spacial score (nSPS) is 22.1. The highest BCUT2D eigenvalue weighted by Crippen LogP contribution is 2.10. The Morgan fingerprint density at radius 1 is 1.38 bits per heavy atom. The summed E-state index contributed by atoms with van der Waals surface area (Å²) in [5.41, 5.74) is 0. The first-order valence-corrected chi connectivity index (χ1v) is 6.43. The Kier molecular flexibility index (Phi) is 5.08. The van der Waals surface area contributed by atoms with Crippen molar-refractivity contribution in [2.45, 2.75) is 13.0 Å². The summed E-state index contributed by atoms with van der Waals surface area (Å²) in [7, 11) is 2.04. The molecule has 0 aromatic carbocycles. The molecule has 1 aliphatic rings. The van der Waals surface area contributed by atoms with Crippen LogP contribution in [0.4, 0.5) is 0 Å². The van der Waals surface area contributed by atoms with Crippen LogP contribution in [-0.4, -0.2) is 71.0 Å². The number of hydrogen-bond acceptors (Lipinski definition) is 4. The molecule has 1 saturated heterocycles. The summed E-state index contributed by atoms with van der Waals surface area (Å²) in [5, 5.41) is 8.47. The molecular formula is C10H18N2O3S. The fourth-order valence-electron chi connectivity index (χ4n) is 1.82. The summed E-state index contributed by atoms with van der Waals surface area (Å²) in [6.45, 7) is 4.54. The third-order valence-corrected chi connectivity index (χ3v) is 3.50. The lowest BCUT2D eigenvalue weighted by Gasteiger charge is -2.38. The lowest BCUT2D eigenvalue weighted by Crippen LogP contribution is -2.53. The summed E-state index contributed by atoms with van der Waals surface area (Å²) in [5.74, 6) is -0.565. The van der Waals surface area contributed by atoms with E-state index in [0.29, 0.717) is 0 Å². The quantitative estimate of drug-likeness (QED) is 0.754. The average molecular weight is 246 g/mol. The van der Waals surface area contributed by atoms with Gasteiger partial charge in [-0.25, -0.2) is 0 Å². The predicted octanol–water partition coefficient (Wildman–Crippen LogP) is -0.0333. The Morgan fingerprint density at radius 2 is 2.06 bits per heavy atom. The topological polar surface area (TPSA) is 60.9 Å². The van der Waals surface area contributed by atoms with Crippen LogP contribution in [0.1, 0.15) is 6.92 Å². The number of rotatable bonds is 4. The smallest absolute Gasteiger partial charge is 0.313 e. The van der Waals surface area contributed by atoms with Crippen LogP contribution in [0.2, 0.25) is 0 Å². The minimum atomic E-state index is -0.871. The molecule has 0 saturated carbocycles. The molecule has 1 aliphatic heterocycles. The molecular weight excluding hydrogens is 228 g/mol. The van der Waals surface area contributed by atoms with E-state index < -0.39 is 5.97 Å². The molecule has 92 valence electrons. The van der Waals surface area contributed by atoms with Crippen molar-refractivity contribution in [1.82, 2.24) is 9.80 Å². The van der Waals surface area contributed by atoms with Gasteiger partial charge in [-0.05, 0) is 14.0 Å². The van der Waals surface area contributed by atoms with Gasteiger partial charge in [0.05, 0.1) is 11.5 Å². The summed E-state index contributed by atoms with van der Waals surface area (Å²) in [4.78, 5) is 26.1. The highest BCUT2D eigenvalue weighted by Gasteiger charge is 2.25. The number of carboxylic acids is 1. The van der Waals surface area contributed by atoms with Gasteiger partial charge in [0.25, 0.3) is 0 Å². The van der Waals surface area contributed by atoms with Crippen molar-refractivity contribution in [3.8, 4) is 0 Å². The molecule has 0 spiro atoms. The Morgan fingerprint density at radius 3 is 2.62 bits per heavy atom. The van der Waals surface area contributed by atoms with Crippen LogP contribution in [0, 0.1) is 0 Å². The molecule has 0 radical (unpaired) electrons. The Labute approximate surface area is 99.8 Å². The van der Waals surface area contributed by atoms with E-state index in [1.807, 2.05) is 18.9 Å². The molecule has 0 aliphatic carbocycles. The van der Waals surface area contributed by atoms with Gasteiger partial charge in [-0.2, -0.15) is 0 Å². The summed E-state index contributed by atoms with van der Waals surface area (Å²) in [6, 6.07) is 0.219. The second-order valence-corrected chi connectivity index (χ2v) is 5.07. The Bertz CT molecular complexity index is 273. The number of thioether (sulfide) groups is 1. The third kappa shape index (κ3) is 4.02. The van der Waals surface area contributed by atoms with E-state index in [9.17, 15) is 9.59 Å². The predicted molar refractivity (Wildman–Crippen MR) is 63.6 cm³/mol. The first-order valence-electron chi connectivity index (χ1n) is 5.28. The largest absolute Gasteiger partial charge is 0.481 e. The molecule has 1 unspecified atom stereocenters. The highest BCUT2D eigenvalue weighted by atomic mass is 32.2. The molecule has 0 bridgehead atoms. The van der Waals surface area contributed by atoms with Crippen LogP contribution >= 0.6 is 11.8 Å². The molecule has 1 atom stereocenters. The summed E-state index contributed by atoms with van der Waals surface area (Å²) >= 11 is 1.16. The van der Waals surface area contributed by atoms with E-state index >= 15 is 0 Å². The van der Waals surface area contributed by atoms with Crippen molar-refractivity contribution < 1.29 is 14.7 Å². The van der Waals surface area contributed by atoms with Gasteiger partial charge in [-0.15, -0.1) is 11.8 Å². The van der Waals surface area contributed by atoms with E-state index in [0.717, 1.165) is 31.4 Å². The zero-order chi connectivity index (χ0) is 12.1. The lowest BCUT2D eigenvalue weighted by atomic mass is 10.2. The van der Waals surface area contributed by atoms with Gasteiger partial charge in [0.2, 0.25) is 5.91 Å². The van der Waals surface area contributed by atoms with E-state index in [2.05, 4.69) is 4.90 Å². The standard InChI is InChI=1S/C10H18N2O3S/c1-8-5-11(2)3-4-12(8)9(13)6-16-7-10(14)15/h8H,3-7H2,1-2H3,(H,14,15). The van der Waals surface area contributed by atoms with Gasteiger partial charge in [-0.1, -0.05) is 0 Å². The van der Waals surface area contributed by atoms with Gasteiger partial charge in [0, 0.05) is 25.7 Å². The fraction of sp³-hybridized carbons (Fsp3) is 0.800. The second kappa shape index (κ2) is 6.10. The molecule has 5 nitrogen and oxygen atoms in total. The first-order chi connectivity index (χ1) is 7.50. The van der Waals surface area contributed by atoms with Gasteiger partial charge < -0.3 is 14.9 Å². The van der Waals surface area contributed by atoms with Crippen LogP contribution in [-0.2, 0) is 9.59 Å².